The number of carboxylic acid groups (broad SMARTS) is 1. The van der Waals surface area contributed by atoms with E-state index in [9.17, 15) is 4.79 Å². The van der Waals surface area contributed by atoms with Gasteiger partial charge in [0, 0.05) is 14.1 Å². The number of ether oxygens (including phenoxy) is 1. The molecule has 1 rings (SSSR count). The van der Waals surface area contributed by atoms with Gasteiger partial charge in [0.15, 0.2) is 0 Å². The van der Waals surface area contributed by atoms with Crippen LogP contribution in [0.4, 0.5) is 5.95 Å². The van der Waals surface area contributed by atoms with Gasteiger partial charge in [-0.15, -0.1) is 0 Å². The van der Waals surface area contributed by atoms with E-state index in [1.807, 2.05) is 0 Å². The molecule has 1 N–H and O–H groups in total. The maximum Gasteiger partial charge on any atom is 0.342 e. The Kier molecular flexibility index (Phi) is 2.85. The van der Waals surface area contributed by atoms with E-state index in [1.165, 1.54) is 13.3 Å². The van der Waals surface area contributed by atoms with Gasteiger partial charge in [0.1, 0.15) is 5.56 Å². The zero-order valence-electron chi connectivity index (χ0n) is 8.18. The molecule has 1 aromatic rings. The van der Waals surface area contributed by atoms with Crippen LogP contribution in [-0.2, 0) is 0 Å². The molecule has 1 heterocycles. The summed E-state index contributed by atoms with van der Waals surface area (Å²) in [6.45, 7) is 0. The van der Waals surface area contributed by atoms with Crippen molar-refractivity contribution in [2.45, 2.75) is 0 Å². The summed E-state index contributed by atoms with van der Waals surface area (Å²) in [6, 6.07) is 0. The summed E-state index contributed by atoms with van der Waals surface area (Å²) in [5, 5.41) is 8.75. The number of carboxylic acids is 1. The fraction of sp³-hybridized carbons (Fsp3) is 0.375. The number of anilines is 1. The van der Waals surface area contributed by atoms with Gasteiger partial charge in [0.05, 0.1) is 13.3 Å². The normalized spacial score (nSPS) is 9.64. The van der Waals surface area contributed by atoms with Crippen LogP contribution in [0.3, 0.4) is 0 Å². The number of nitrogens with zero attached hydrogens (tertiary/aromatic N) is 3. The van der Waals surface area contributed by atoms with Gasteiger partial charge in [0.2, 0.25) is 11.8 Å². The zero-order chi connectivity index (χ0) is 10.7. The highest BCUT2D eigenvalue weighted by Crippen LogP contribution is 2.16. The minimum absolute atomic E-state index is 0.0434. The molecule has 0 aliphatic carbocycles. The maximum atomic E-state index is 10.7. The van der Waals surface area contributed by atoms with Gasteiger partial charge in [-0.2, -0.15) is 4.98 Å². The molecule has 0 spiro atoms. The van der Waals surface area contributed by atoms with Gasteiger partial charge in [-0.05, 0) is 0 Å². The minimum Gasteiger partial charge on any atom is -0.480 e. The molecule has 0 amide bonds. The predicted molar refractivity (Wildman–Crippen MR) is 49.9 cm³/mol. The number of aromatic carboxylic acids is 1. The summed E-state index contributed by atoms with van der Waals surface area (Å²) in [7, 11) is 4.89. The molecule has 0 fully saturated rings. The maximum absolute atomic E-state index is 10.7. The molecule has 0 saturated carbocycles. The smallest absolute Gasteiger partial charge is 0.342 e. The van der Waals surface area contributed by atoms with Crippen LogP contribution in [0, 0.1) is 0 Å². The molecule has 0 aliphatic heterocycles. The Bertz CT molecular complexity index is 352. The quantitative estimate of drug-likeness (QED) is 0.748. The summed E-state index contributed by atoms with van der Waals surface area (Å²) < 4.78 is 4.84. The predicted octanol–water partition coefficient (Wildman–Crippen LogP) is 0.249. The standard InChI is InChI=1S/C8H11N3O3/c1-11(2)8-9-4-5(7(12)13)6(10-8)14-3/h4H,1-3H3,(H,12,13). The highest BCUT2D eigenvalue weighted by Gasteiger charge is 2.14. The van der Waals surface area contributed by atoms with Crippen molar-refractivity contribution in [1.82, 2.24) is 9.97 Å². The van der Waals surface area contributed by atoms with Gasteiger partial charge in [0.25, 0.3) is 0 Å². The second kappa shape index (κ2) is 3.91. The first-order chi connectivity index (χ1) is 6.56. The monoisotopic (exact) mass is 197 g/mol. The van der Waals surface area contributed by atoms with E-state index in [0.29, 0.717) is 5.95 Å². The van der Waals surface area contributed by atoms with Crippen LogP contribution >= 0.6 is 0 Å². The molecule has 0 unspecified atom stereocenters. The summed E-state index contributed by atoms with van der Waals surface area (Å²) in [5.74, 6) is -0.629. The van der Waals surface area contributed by atoms with Crippen LogP contribution in [0.1, 0.15) is 10.4 Å². The minimum atomic E-state index is -1.10. The fourth-order valence-electron chi connectivity index (χ4n) is 0.875. The molecule has 0 bridgehead atoms. The third-order valence-electron chi connectivity index (χ3n) is 1.56. The van der Waals surface area contributed by atoms with E-state index in [1.54, 1.807) is 19.0 Å². The summed E-state index contributed by atoms with van der Waals surface area (Å²) in [5.41, 5.74) is -0.0434. The highest BCUT2D eigenvalue weighted by molar-refractivity contribution is 5.89. The lowest BCUT2D eigenvalue weighted by atomic mass is 10.3. The second-order valence-electron chi connectivity index (χ2n) is 2.79. The van der Waals surface area contributed by atoms with Gasteiger partial charge >= 0.3 is 5.97 Å². The summed E-state index contributed by atoms with van der Waals surface area (Å²) >= 11 is 0. The van der Waals surface area contributed by atoms with Crippen molar-refractivity contribution in [2.24, 2.45) is 0 Å². The lowest BCUT2D eigenvalue weighted by Crippen LogP contribution is -2.14. The Balaban J connectivity index is 3.18. The average Bonchev–Trinajstić information content (AvgIpc) is 2.16. The van der Waals surface area contributed by atoms with Crippen molar-refractivity contribution in [3.63, 3.8) is 0 Å². The Morgan fingerprint density at radius 2 is 2.21 bits per heavy atom. The Morgan fingerprint density at radius 3 is 2.64 bits per heavy atom. The Morgan fingerprint density at radius 1 is 1.57 bits per heavy atom. The number of methoxy groups -OCH3 is 1. The van der Waals surface area contributed by atoms with E-state index in [0.717, 1.165) is 0 Å². The van der Waals surface area contributed by atoms with E-state index in [2.05, 4.69) is 9.97 Å². The lowest BCUT2D eigenvalue weighted by Gasteiger charge is -2.11. The number of hydrogen-bond donors (Lipinski definition) is 1. The number of carbonyl (C=O) groups is 1. The zero-order valence-corrected chi connectivity index (χ0v) is 8.18. The molecule has 0 saturated heterocycles. The van der Waals surface area contributed by atoms with E-state index >= 15 is 0 Å². The van der Waals surface area contributed by atoms with Crippen LogP contribution in [0.15, 0.2) is 6.20 Å². The van der Waals surface area contributed by atoms with E-state index in [-0.39, 0.29) is 11.4 Å². The SMILES string of the molecule is COc1nc(N(C)C)ncc1C(=O)O. The average molecular weight is 197 g/mol. The first-order valence-corrected chi connectivity index (χ1v) is 3.88. The molecule has 6 heteroatoms. The van der Waals surface area contributed by atoms with Crippen molar-refractivity contribution < 1.29 is 14.6 Å². The fourth-order valence-corrected chi connectivity index (χ4v) is 0.875. The molecule has 0 radical (unpaired) electrons. The molecule has 0 atom stereocenters. The first-order valence-electron chi connectivity index (χ1n) is 3.88. The van der Waals surface area contributed by atoms with Gasteiger partial charge in [-0.3, -0.25) is 0 Å². The largest absolute Gasteiger partial charge is 0.480 e. The van der Waals surface area contributed by atoms with Gasteiger partial charge in [-0.25, -0.2) is 9.78 Å². The van der Waals surface area contributed by atoms with Crippen molar-refractivity contribution in [3.05, 3.63) is 11.8 Å². The van der Waals surface area contributed by atoms with Crippen molar-refractivity contribution in [1.29, 1.82) is 0 Å². The van der Waals surface area contributed by atoms with E-state index < -0.39 is 5.97 Å². The van der Waals surface area contributed by atoms with E-state index in [4.69, 9.17) is 9.84 Å². The van der Waals surface area contributed by atoms with Gasteiger partial charge in [-0.1, -0.05) is 0 Å². The summed E-state index contributed by atoms with van der Waals surface area (Å²) in [6.07, 6.45) is 1.23. The third kappa shape index (κ3) is 1.90. The highest BCUT2D eigenvalue weighted by atomic mass is 16.5. The Hall–Kier alpha value is -1.85. The van der Waals surface area contributed by atoms with Crippen LogP contribution in [-0.4, -0.2) is 42.2 Å². The summed E-state index contributed by atoms with van der Waals surface area (Å²) in [4.78, 5) is 20.1. The molecule has 6 nitrogen and oxygen atoms in total. The molecule has 76 valence electrons. The Labute approximate surface area is 81.2 Å². The van der Waals surface area contributed by atoms with Crippen LogP contribution < -0.4 is 9.64 Å². The van der Waals surface area contributed by atoms with Crippen molar-refractivity contribution in [3.8, 4) is 5.88 Å². The number of rotatable bonds is 3. The second-order valence-corrected chi connectivity index (χ2v) is 2.79. The lowest BCUT2D eigenvalue weighted by molar-refractivity contribution is 0.0692. The number of aromatic nitrogens is 2. The first kappa shape index (κ1) is 10.2. The number of hydrogen-bond acceptors (Lipinski definition) is 5. The van der Waals surface area contributed by atoms with Crippen LogP contribution in [0.2, 0.25) is 0 Å². The molecule has 14 heavy (non-hydrogen) atoms. The topological polar surface area (TPSA) is 75.5 Å². The van der Waals surface area contributed by atoms with Crippen LogP contribution in [0.25, 0.3) is 0 Å². The van der Waals surface area contributed by atoms with Crippen molar-refractivity contribution >= 4 is 11.9 Å². The third-order valence-corrected chi connectivity index (χ3v) is 1.56. The molecular weight excluding hydrogens is 186 g/mol. The van der Waals surface area contributed by atoms with Gasteiger partial charge < -0.3 is 14.7 Å². The molecule has 0 aromatic carbocycles. The van der Waals surface area contributed by atoms with Crippen LogP contribution in [0.5, 0.6) is 5.88 Å². The molecule has 0 aliphatic rings. The van der Waals surface area contributed by atoms with Crippen molar-refractivity contribution in [2.75, 3.05) is 26.1 Å². The molecular formula is C8H11N3O3. The molecule has 1 aromatic heterocycles.